The highest BCUT2D eigenvalue weighted by Gasteiger charge is 2.33. The Balaban J connectivity index is 2.01. The van der Waals surface area contributed by atoms with Crippen molar-refractivity contribution in [2.75, 3.05) is 13.1 Å². The summed E-state index contributed by atoms with van der Waals surface area (Å²) in [7, 11) is 0. The van der Waals surface area contributed by atoms with E-state index in [1.807, 2.05) is 0 Å². The fourth-order valence-corrected chi connectivity index (χ4v) is 3.68. The van der Waals surface area contributed by atoms with Gasteiger partial charge in [0.1, 0.15) is 0 Å². The monoisotopic (exact) mass is 220 g/mol. The van der Waals surface area contributed by atoms with E-state index in [1.54, 1.807) is 0 Å². The summed E-state index contributed by atoms with van der Waals surface area (Å²) >= 11 is 0. The second-order valence-electron chi connectivity index (χ2n) is 5.99. The van der Waals surface area contributed by atoms with Crippen molar-refractivity contribution in [3.63, 3.8) is 0 Å². The molecule has 0 radical (unpaired) electrons. The van der Waals surface area contributed by atoms with Crippen molar-refractivity contribution in [1.82, 2.24) is 4.90 Å². The molecule has 2 heteroatoms. The van der Waals surface area contributed by atoms with E-state index in [1.165, 1.54) is 38.8 Å². The molecule has 4 unspecified atom stereocenters. The second kappa shape index (κ2) is 5.19. The Morgan fingerprint density at radius 1 is 1.06 bits per heavy atom. The zero-order valence-electron chi connectivity index (χ0n) is 10.7. The fraction of sp³-hybridized carbons (Fsp3) is 0.929. The Kier molecular flexibility index (Phi) is 3.86. The Bertz CT molecular complexity index is 258. The predicted octanol–water partition coefficient (Wildman–Crippen LogP) is 3.05. The number of likely N-dealkylation sites (tertiary alicyclic amines) is 1. The van der Waals surface area contributed by atoms with Crippen LogP contribution in [0.25, 0.3) is 0 Å². The summed E-state index contributed by atoms with van der Waals surface area (Å²) in [6, 6.07) is 3.10. The average Bonchev–Trinajstić information content (AvgIpc) is 2.27. The maximum atomic E-state index is 9.25. The highest BCUT2D eigenvalue weighted by Crippen LogP contribution is 2.32. The van der Waals surface area contributed by atoms with E-state index in [2.05, 4.69) is 24.8 Å². The summed E-state index contributed by atoms with van der Waals surface area (Å²) in [5.41, 5.74) is 0. The molecule has 2 rings (SSSR count). The summed E-state index contributed by atoms with van der Waals surface area (Å²) in [5, 5.41) is 9.25. The van der Waals surface area contributed by atoms with Gasteiger partial charge in [0.2, 0.25) is 0 Å². The van der Waals surface area contributed by atoms with Crippen molar-refractivity contribution in [1.29, 1.82) is 5.26 Å². The SMILES string of the molecule is CC1CC(C)CN(C2CCCCC2C#N)C1. The number of nitriles is 1. The van der Waals surface area contributed by atoms with Crippen LogP contribution in [0.15, 0.2) is 0 Å². The summed E-state index contributed by atoms with van der Waals surface area (Å²) in [6.07, 6.45) is 6.31. The van der Waals surface area contributed by atoms with E-state index in [0.29, 0.717) is 12.0 Å². The maximum Gasteiger partial charge on any atom is 0.0672 e. The number of rotatable bonds is 1. The molecule has 2 nitrogen and oxygen atoms in total. The Morgan fingerprint density at radius 2 is 1.69 bits per heavy atom. The predicted molar refractivity (Wildman–Crippen MR) is 65.9 cm³/mol. The summed E-state index contributed by atoms with van der Waals surface area (Å²) in [6.45, 7) is 7.14. The molecule has 1 heterocycles. The van der Waals surface area contributed by atoms with Crippen LogP contribution in [0.3, 0.4) is 0 Å². The zero-order valence-corrected chi connectivity index (χ0v) is 10.7. The Hall–Kier alpha value is -0.550. The molecule has 0 aromatic rings. The van der Waals surface area contributed by atoms with E-state index in [0.717, 1.165) is 18.3 Å². The van der Waals surface area contributed by atoms with Gasteiger partial charge in [0.15, 0.2) is 0 Å². The third-order valence-corrected chi connectivity index (χ3v) is 4.26. The molecule has 1 saturated carbocycles. The van der Waals surface area contributed by atoms with Crippen molar-refractivity contribution >= 4 is 0 Å². The molecule has 4 atom stereocenters. The van der Waals surface area contributed by atoms with Gasteiger partial charge in [-0.05, 0) is 31.1 Å². The molecule has 16 heavy (non-hydrogen) atoms. The highest BCUT2D eigenvalue weighted by molar-refractivity contribution is 4.97. The molecule has 0 spiro atoms. The lowest BCUT2D eigenvalue weighted by Crippen LogP contribution is -2.48. The van der Waals surface area contributed by atoms with Crippen LogP contribution in [0, 0.1) is 29.1 Å². The van der Waals surface area contributed by atoms with Crippen molar-refractivity contribution in [3.05, 3.63) is 0 Å². The first kappa shape index (κ1) is 11.9. The first-order valence-corrected chi connectivity index (χ1v) is 6.84. The topological polar surface area (TPSA) is 27.0 Å². The first-order chi connectivity index (χ1) is 7.70. The lowest BCUT2D eigenvalue weighted by atomic mass is 9.81. The largest absolute Gasteiger partial charge is 0.299 e. The van der Waals surface area contributed by atoms with Gasteiger partial charge in [-0.2, -0.15) is 5.26 Å². The van der Waals surface area contributed by atoms with Crippen LogP contribution in [0.5, 0.6) is 0 Å². The van der Waals surface area contributed by atoms with Gasteiger partial charge in [0, 0.05) is 19.1 Å². The van der Waals surface area contributed by atoms with Crippen LogP contribution in [0.4, 0.5) is 0 Å². The molecule has 1 saturated heterocycles. The average molecular weight is 220 g/mol. The first-order valence-electron chi connectivity index (χ1n) is 6.84. The molecule has 90 valence electrons. The van der Waals surface area contributed by atoms with Gasteiger partial charge in [-0.15, -0.1) is 0 Å². The second-order valence-corrected chi connectivity index (χ2v) is 5.99. The molecule has 0 N–H and O–H groups in total. The van der Waals surface area contributed by atoms with Gasteiger partial charge < -0.3 is 0 Å². The van der Waals surface area contributed by atoms with Gasteiger partial charge in [-0.3, -0.25) is 4.90 Å². The minimum absolute atomic E-state index is 0.297. The lowest BCUT2D eigenvalue weighted by Gasteiger charge is -2.43. The van der Waals surface area contributed by atoms with Crippen LogP contribution in [-0.4, -0.2) is 24.0 Å². The summed E-state index contributed by atoms with van der Waals surface area (Å²) in [5.74, 6) is 1.92. The summed E-state index contributed by atoms with van der Waals surface area (Å²) < 4.78 is 0. The number of hydrogen-bond donors (Lipinski definition) is 0. The molecular weight excluding hydrogens is 196 g/mol. The standard InChI is InChI=1S/C14H24N2/c1-11-7-12(2)10-16(9-11)14-6-4-3-5-13(14)8-15/h11-14H,3-7,9-10H2,1-2H3. The molecular formula is C14H24N2. The van der Waals surface area contributed by atoms with Crippen LogP contribution in [-0.2, 0) is 0 Å². The van der Waals surface area contributed by atoms with Crippen LogP contribution < -0.4 is 0 Å². The van der Waals surface area contributed by atoms with E-state index in [4.69, 9.17) is 0 Å². The molecule has 1 aliphatic carbocycles. The smallest absolute Gasteiger partial charge is 0.0672 e. The van der Waals surface area contributed by atoms with Crippen LogP contribution in [0.1, 0.15) is 46.0 Å². The van der Waals surface area contributed by atoms with E-state index >= 15 is 0 Å². The third kappa shape index (κ3) is 2.58. The molecule has 2 fully saturated rings. The number of piperidine rings is 1. The normalized spacial score (nSPS) is 41.6. The van der Waals surface area contributed by atoms with Gasteiger partial charge in [-0.25, -0.2) is 0 Å². The molecule has 0 bridgehead atoms. The van der Waals surface area contributed by atoms with Gasteiger partial charge in [0.25, 0.3) is 0 Å². The van der Waals surface area contributed by atoms with Crippen molar-refractivity contribution in [2.24, 2.45) is 17.8 Å². The molecule has 2 aliphatic rings. The molecule has 1 aliphatic heterocycles. The molecule has 0 aromatic carbocycles. The van der Waals surface area contributed by atoms with Crippen molar-refractivity contribution in [3.8, 4) is 6.07 Å². The lowest BCUT2D eigenvalue weighted by molar-refractivity contribution is 0.0584. The van der Waals surface area contributed by atoms with E-state index in [9.17, 15) is 5.26 Å². The van der Waals surface area contributed by atoms with E-state index in [-0.39, 0.29) is 0 Å². The van der Waals surface area contributed by atoms with Crippen LogP contribution >= 0.6 is 0 Å². The Labute approximate surface area is 99.6 Å². The Morgan fingerprint density at radius 3 is 2.31 bits per heavy atom. The van der Waals surface area contributed by atoms with Crippen LogP contribution in [0.2, 0.25) is 0 Å². The maximum absolute atomic E-state index is 9.25. The molecule has 0 aromatic heterocycles. The zero-order chi connectivity index (χ0) is 11.5. The van der Waals surface area contributed by atoms with Gasteiger partial charge in [-0.1, -0.05) is 26.7 Å². The highest BCUT2D eigenvalue weighted by atomic mass is 15.2. The minimum atomic E-state index is 0.297. The number of hydrogen-bond acceptors (Lipinski definition) is 2. The fourth-order valence-electron chi connectivity index (χ4n) is 3.68. The molecule has 0 amide bonds. The quantitative estimate of drug-likeness (QED) is 0.679. The number of nitrogens with zero attached hydrogens (tertiary/aromatic N) is 2. The minimum Gasteiger partial charge on any atom is -0.299 e. The summed E-state index contributed by atoms with van der Waals surface area (Å²) in [4.78, 5) is 2.62. The third-order valence-electron chi connectivity index (χ3n) is 4.26. The van der Waals surface area contributed by atoms with Gasteiger partial charge in [0.05, 0.1) is 12.0 Å². The van der Waals surface area contributed by atoms with Crippen molar-refractivity contribution in [2.45, 2.75) is 52.0 Å². The van der Waals surface area contributed by atoms with Crippen molar-refractivity contribution < 1.29 is 0 Å². The van der Waals surface area contributed by atoms with Gasteiger partial charge >= 0.3 is 0 Å². The van der Waals surface area contributed by atoms with E-state index < -0.39 is 0 Å².